The van der Waals surface area contributed by atoms with Gasteiger partial charge in [0.15, 0.2) is 5.82 Å². The van der Waals surface area contributed by atoms with E-state index in [0.717, 1.165) is 36.2 Å². The molecule has 4 atom stereocenters. The van der Waals surface area contributed by atoms with Gasteiger partial charge in [0.1, 0.15) is 5.02 Å². The number of hydrogen-bond donors (Lipinski definition) is 2. The van der Waals surface area contributed by atoms with E-state index in [9.17, 15) is 0 Å². The van der Waals surface area contributed by atoms with Crippen LogP contribution in [0.5, 0.6) is 0 Å². The van der Waals surface area contributed by atoms with E-state index >= 15 is 0 Å². The van der Waals surface area contributed by atoms with Gasteiger partial charge in [-0.15, -0.1) is 0 Å². The molecule has 31 heavy (non-hydrogen) atoms. The van der Waals surface area contributed by atoms with Crippen molar-refractivity contribution in [3.05, 3.63) is 40.5 Å². The van der Waals surface area contributed by atoms with Crippen molar-refractivity contribution in [2.75, 3.05) is 23.3 Å². The second-order valence-corrected chi connectivity index (χ2v) is 10.0. The number of aromatic nitrogens is 2. The average Bonchev–Trinajstić information content (AvgIpc) is 2.76. The minimum atomic E-state index is 0.412. The Morgan fingerprint density at radius 3 is 2.58 bits per heavy atom. The zero-order valence-corrected chi connectivity index (χ0v) is 19.4. The van der Waals surface area contributed by atoms with Crippen LogP contribution in [0.25, 0.3) is 0 Å². The fourth-order valence-corrected chi connectivity index (χ4v) is 5.28. The molecule has 4 aliphatic rings. The molecule has 1 aromatic heterocycles. The summed E-state index contributed by atoms with van der Waals surface area (Å²) in [6.07, 6.45) is 4.97. The van der Waals surface area contributed by atoms with Crippen molar-refractivity contribution < 1.29 is 0 Å². The molecule has 6 nitrogen and oxygen atoms in total. The van der Waals surface area contributed by atoms with E-state index in [0.29, 0.717) is 40.8 Å². The molecule has 4 unspecified atom stereocenters. The first-order valence-electron chi connectivity index (χ1n) is 11.3. The summed E-state index contributed by atoms with van der Waals surface area (Å²) >= 11 is 6.42. The molecule has 2 N–H and O–H groups in total. The highest BCUT2D eigenvalue weighted by Gasteiger charge is 2.41. The number of benzene rings is 1. The Morgan fingerprint density at radius 2 is 1.87 bits per heavy atom. The Bertz CT molecular complexity index is 982. The maximum atomic E-state index is 6.42. The monoisotopic (exact) mass is 438 g/mol. The number of piperazine rings is 1. The molecule has 3 saturated heterocycles. The molecular weight excluding hydrogens is 408 g/mol. The SMILES string of the molecule is Cc1ccc(Nc2nc(N3CC4CC(C3)N4)ncc2Cl)cc1/C=N\C1C(C)C(C)C1C. The molecule has 0 amide bonds. The maximum Gasteiger partial charge on any atom is 0.227 e. The first-order valence-corrected chi connectivity index (χ1v) is 11.7. The summed E-state index contributed by atoms with van der Waals surface area (Å²) in [4.78, 5) is 16.4. The van der Waals surface area contributed by atoms with Crippen LogP contribution in [0.1, 0.15) is 38.3 Å². The van der Waals surface area contributed by atoms with Crippen LogP contribution in [0.15, 0.2) is 29.4 Å². The molecular formula is C24H31ClN6. The topological polar surface area (TPSA) is 65.4 Å². The van der Waals surface area contributed by atoms with Crippen LogP contribution >= 0.6 is 11.6 Å². The summed E-state index contributed by atoms with van der Waals surface area (Å²) in [5.74, 6) is 3.40. The molecule has 0 spiro atoms. The molecule has 4 fully saturated rings. The summed E-state index contributed by atoms with van der Waals surface area (Å²) in [5, 5.41) is 7.46. The third kappa shape index (κ3) is 3.92. The predicted octanol–water partition coefficient (Wildman–Crippen LogP) is 4.44. The lowest BCUT2D eigenvalue weighted by Gasteiger charge is -2.48. The van der Waals surface area contributed by atoms with Crippen molar-refractivity contribution in [3.8, 4) is 0 Å². The van der Waals surface area contributed by atoms with Gasteiger partial charge in [-0.05, 0) is 54.4 Å². The van der Waals surface area contributed by atoms with Crippen LogP contribution in [-0.4, -0.2) is 47.4 Å². The van der Waals surface area contributed by atoms with Crippen LogP contribution in [0.3, 0.4) is 0 Å². The predicted molar refractivity (Wildman–Crippen MR) is 128 cm³/mol. The molecule has 7 heteroatoms. The lowest BCUT2D eigenvalue weighted by molar-refractivity contribution is 0.0824. The molecule has 2 aromatic rings. The van der Waals surface area contributed by atoms with E-state index in [1.54, 1.807) is 6.20 Å². The minimum Gasteiger partial charge on any atom is -0.339 e. The smallest absolute Gasteiger partial charge is 0.227 e. The highest BCUT2D eigenvalue weighted by atomic mass is 35.5. The Balaban J connectivity index is 1.33. The third-order valence-corrected chi connectivity index (χ3v) is 7.88. The van der Waals surface area contributed by atoms with Crippen molar-refractivity contribution in [2.45, 2.75) is 52.2 Å². The normalized spacial score (nSPS) is 32.0. The standard InChI is InChI=1S/C24H31ClN6/c1-13-5-6-18(7-17(13)9-26-22-15(3)14(2)16(22)4)29-23-21(25)10-27-24(30-23)31-11-19-8-20(12-31)28-19/h5-7,9-10,14-16,19-20,22,28H,8,11-12H2,1-4H3,(H,27,29,30)/b26-9-. The van der Waals surface area contributed by atoms with E-state index < -0.39 is 0 Å². The zero-order chi connectivity index (χ0) is 21.7. The number of fused-ring (bicyclic) bond motifs is 2. The first kappa shape index (κ1) is 20.7. The third-order valence-electron chi connectivity index (χ3n) is 7.60. The van der Waals surface area contributed by atoms with E-state index in [-0.39, 0.29) is 0 Å². The molecule has 2 bridgehead atoms. The van der Waals surface area contributed by atoms with Gasteiger partial charge >= 0.3 is 0 Å². The lowest BCUT2D eigenvalue weighted by atomic mass is 9.63. The summed E-state index contributed by atoms with van der Waals surface area (Å²) in [6, 6.07) is 7.81. The van der Waals surface area contributed by atoms with E-state index in [4.69, 9.17) is 21.6 Å². The zero-order valence-electron chi connectivity index (χ0n) is 18.6. The molecule has 1 aliphatic carbocycles. The summed E-state index contributed by atoms with van der Waals surface area (Å²) in [7, 11) is 0. The number of rotatable bonds is 5. The quantitative estimate of drug-likeness (QED) is 0.675. The molecule has 164 valence electrons. The van der Waals surface area contributed by atoms with Gasteiger partial charge in [0.2, 0.25) is 5.95 Å². The fourth-order valence-electron chi connectivity index (χ4n) is 5.14. The van der Waals surface area contributed by atoms with Crippen LogP contribution in [0.2, 0.25) is 5.02 Å². The van der Waals surface area contributed by atoms with Gasteiger partial charge in [-0.1, -0.05) is 38.4 Å². The van der Waals surface area contributed by atoms with Crippen LogP contribution < -0.4 is 15.5 Å². The second kappa shape index (κ2) is 8.06. The summed E-state index contributed by atoms with van der Waals surface area (Å²) in [6.45, 7) is 10.9. The van der Waals surface area contributed by atoms with Crippen molar-refractivity contribution >= 4 is 35.3 Å². The molecule has 4 heterocycles. The van der Waals surface area contributed by atoms with Gasteiger partial charge in [0.25, 0.3) is 0 Å². The van der Waals surface area contributed by atoms with Crippen LogP contribution in [0, 0.1) is 24.7 Å². The molecule has 0 radical (unpaired) electrons. The number of anilines is 3. The molecule has 1 aromatic carbocycles. The van der Waals surface area contributed by atoms with Crippen LogP contribution in [-0.2, 0) is 0 Å². The number of halogens is 1. The number of nitrogens with one attached hydrogen (secondary N) is 2. The van der Waals surface area contributed by atoms with Crippen molar-refractivity contribution in [1.82, 2.24) is 15.3 Å². The minimum absolute atomic E-state index is 0.412. The van der Waals surface area contributed by atoms with Crippen molar-refractivity contribution in [1.29, 1.82) is 0 Å². The Kier molecular flexibility index (Phi) is 5.39. The highest BCUT2D eigenvalue weighted by molar-refractivity contribution is 6.32. The van der Waals surface area contributed by atoms with Crippen LogP contribution in [0.4, 0.5) is 17.5 Å². The fraction of sp³-hybridized carbons (Fsp3) is 0.542. The van der Waals surface area contributed by atoms with E-state index in [2.05, 4.69) is 66.4 Å². The van der Waals surface area contributed by atoms with Gasteiger partial charge in [0, 0.05) is 37.1 Å². The molecule has 6 rings (SSSR count). The lowest BCUT2D eigenvalue weighted by Crippen LogP contribution is -2.67. The summed E-state index contributed by atoms with van der Waals surface area (Å²) < 4.78 is 0. The Labute approximate surface area is 189 Å². The highest BCUT2D eigenvalue weighted by Crippen LogP contribution is 2.42. The van der Waals surface area contributed by atoms with Crippen molar-refractivity contribution in [2.24, 2.45) is 22.7 Å². The number of nitrogens with zero attached hydrogens (tertiary/aromatic N) is 4. The number of aliphatic imine (C=N–C) groups is 1. The number of piperidine rings is 1. The maximum absolute atomic E-state index is 6.42. The second-order valence-electron chi connectivity index (χ2n) is 9.61. The van der Waals surface area contributed by atoms with Gasteiger partial charge in [-0.25, -0.2) is 4.98 Å². The molecule has 3 aliphatic heterocycles. The average molecular weight is 439 g/mol. The summed E-state index contributed by atoms with van der Waals surface area (Å²) in [5.41, 5.74) is 3.28. The van der Waals surface area contributed by atoms with Gasteiger partial charge in [-0.2, -0.15) is 4.98 Å². The van der Waals surface area contributed by atoms with Gasteiger partial charge in [-0.3, -0.25) is 4.99 Å². The van der Waals surface area contributed by atoms with Gasteiger partial charge < -0.3 is 15.5 Å². The van der Waals surface area contributed by atoms with E-state index in [1.165, 1.54) is 12.0 Å². The van der Waals surface area contributed by atoms with Crippen molar-refractivity contribution in [3.63, 3.8) is 0 Å². The number of hydrogen-bond acceptors (Lipinski definition) is 6. The van der Waals surface area contributed by atoms with Gasteiger partial charge in [0.05, 0.1) is 12.2 Å². The Morgan fingerprint density at radius 1 is 1.16 bits per heavy atom. The van der Waals surface area contributed by atoms with E-state index in [1.807, 2.05) is 6.21 Å². The number of aryl methyl sites for hydroxylation is 1. The largest absolute Gasteiger partial charge is 0.339 e. The first-order chi connectivity index (χ1) is 14.9. The Hall–Kier alpha value is -2.18. The molecule has 1 saturated carbocycles.